The highest BCUT2D eigenvalue weighted by Gasteiger charge is 2.36. The van der Waals surface area contributed by atoms with Gasteiger partial charge < -0.3 is 5.32 Å². The number of rotatable bonds is 5. The summed E-state index contributed by atoms with van der Waals surface area (Å²) in [5.74, 6) is 0.946. The largest absolute Gasteiger partial charge is 0.310 e. The Bertz CT molecular complexity index is 245. The Labute approximate surface area is 114 Å². The van der Waals surface area contributed by atoms with E-state index in [1.54, 1.807) is 0 Å². The fourth-order valence-corrected chi connectivity index (χ4v) is 3.98. The van der Waals surface area contributed by atoms with E-state index in [9.17, 15) is 0 Å². The van der Waals surface area contributed by atoms with Gasteiger partial charge >= 0.3 is 0 Å². The molecule has 2 nitrogen and oxygen atoms in total. The Morgan fingerprint density at radius 3 is 2.72 bits per heavy atom. The van der Waals surface area contributed by atoms with Gasteiger partial charge in [0.1, 0.15) is 0 Å². The van der Waals surface area contributed by atoms with Crippen LogP contribution in [0.1, 0.15) is 65.7 Å². The van der Waals surface area contributed by atoms with Crippen molar-refractivity contribution in [1.82, 2.24) is 10.2 Å². The topological polar surface area (TPSA) is 15.3 Å². The van der Waals surface area contributed by atoms with Crippen molar-refractivity contribution in [1.29, 1.82) is 0 Å². The van der Waals surface area contributed by atoms with Gasteiger partial charge in [-0.25, -0.2) is 0 Å². The van der Waals surface area contributed by atoms with Crippen molar-refractivity contribution in [2.75, 3.05) is 19.6 Å². The molecule has 1 N–H and O–H groups in total. The van der Waals surface area contributed by atoms with Crippen molar-refractivity contribution >= 4 is 0 Å². The maximum Gasteiger partial charge on any atom is 0.0309 e. The molecule has 3 unspecified atom stereocenters. The van der Waals surface area contributed by atoms with Crippen LogP contribution in [0.5, 0.6) is 0 Å². The first-order valence-electron chi connectivity index (χ1n) is 8.18. The van der Waals surface area contributed by atoms with Gasteiger partial charge in [0.05, 0.1) is 0 Å². The number of hydrogen-bond acceptors (Lipinski definition) is 2. The summed E-state index contributed by atoms with van der Waals surface area (Å²) in [6.07, 6.45) is 9.64. The van der Waals surface area contributed by atoms with E-state index in [1.165, 1.54) is 64.6 Å². The van der Waals surface area contributed by atoms with Crippen LogP contribution in [-0.4, -0.2) is 36.1 Å². The summed E-state index contributed by atoms with van der Waals surface area (Å²) >= 11 is 0. The molecular weight excluding hydrogens is 220 g/mol. The van der Waals surface area contributed by atoms with E-state index in [2.05, 4.69) is 31.0 Å². The molecule has 0 aromatic carbocycles. The smallest absolute Gasteiger partial charge is 0.0309 e. The van der Waals surface area contributed by atoms with Crippen molar-refractivity contribution in [3.05, 3.63) is 0 Å². The zero-order valence-electron chi connectivity index (χ0n) is 12.7. The van der Waals surface area contributed by atoms with Crippen LogP contribution in [0, 0.1) is 5.92 Å². The van der Waals surface area contributed by atoms with Crippen LogP contribution in [-0.2, 0) is 0 Å². The summed E-state index contributed by atoms with van der Waals surface area (Å²) in [4.78, 5) is 2.78. The van der Waals surface area contributed by atoms with Gasteiger partial charge in [0.2, 0.25) is 0 Å². The lowest BCUT2D eigenvalue weighted by molar-refractivity contribution is 0.0797. The lowest BCUT2D eigenvalue weighted by Gasteiger charge is -2.43. The SMILES string of the molecule is CCCC1(CN2CC(CC)CCC2C)CCCN1. The summed E-state index contributed by atoms with van der Waals surface area (Å²) in [6.45, 7) is 11.0. The number of piperidine rings is 1. The second kappa shape index (κ2) is 6.38. The molecule has 2 fully saturated rings. The standard InChI is InChI=1S/C16H32N2/c1-4-9-16(10-6-11-17-16)13-18-12-15(5-2)8-7-14(18)3/h14-15,17H,4-13H2,1-3H3. The number of nitrogens with one attached hydrogen (secondary N) is 1. The Balaban J connectivity index is 1.96. The first-order valence-corrected chi connectivity index (χ1v) is 8.18. The van der Waals surface area contributed by atoms with Gasteiger partial charge in [0, 0.05) is 24.7 Å². The van der Waals surface area contributed by atoms with Crippen LogP contribution < -0.4 is 5.32 Å². The van der Waals surface area contributed by atoms with Gasteiger partial charge in [-0.2, -0.15) is 0 Å². The molecule has 2 rings (SSSR count). The molecule has 2 aliphatic heterocycles. The highest BCUT2D eigenvalue weighted by Crippen LogP contribution is 2.30. The number of likely N-dealkylation sites (tertiary alicyclic amines) is 1. The van der Waals surface area contributed by atoms with Gasteiger partial charge in [-0.1, -0.05) is 26.7 Å². The lowest BCUT2D eigenvalue weighted by atomic mass is 9.86. The molecule has 0 amide bonds. The minimum atomic E-state index is 0.443. The Hall–Kier alpha value is -0.0800. The van der Waals surface area contributed by atoms with Crippen LogP contribution in [0.4, 0.5) is 0 Å². The molecule has 2 heteroatoms. The maximum atomic E-state index is 3.83. The molecule has 106 valence electrons. The van der Waals surface area contributed by atoms with Crippen LogP contribution in [0.25, 0.3) is 0 Å². The Kier molecular flexibility index (Phi) is 5.08. The van der Waals surface area contributed by atoms with Gasteiger partial charge in [-0.05, 0) is 51.5 Å². The van der Waals surface area contributed by atoms with Crippen molar-refractivity contribution in [2.24, 2.45) is 5.92 Å². The zero-order valence-corrected chi connectivity index (χ0v) is 12.7. The lowest BCUT2D eigenvalue weighted by Crippen LogP contribution is -2.54. The first-order chi connectivity index (χ1) is 8.69. The van der Waals surface area contributed by atoms with E-state index in [-0.39, 0.29) is 0 Å². The minimum absolute atomic E-state index is 0.443. The fraction of sp³-hybridized carbons (Fsp3) is 1.00. The molecule has 0 aromatic rings. The molecule has 2 aliphatic rings. The van der Waals surface area contributed by atoms with Gasteiger partial charge in [-0.15, -0.1) is 0 Å². The van der Waals surface area contributed by atoms with Gasteiger partial charge in [0.15, 0.2) is 0 Å². The predicted octanol–water partition coefficient (Wildman–Crippen LogP) is 3.42. The van der Waals surface area contributed by atoms with Gasteiger partial charge in [0.25, 0.3) is 0 Å². The monoisotopic (exact) mass is 252 g/mol. The van der Waals surface area contributed by atoms with E-state index < -0.39 is 0 Å². The normalized spacial score (nSPS) is 38.2. The molecule has 0 aliphatic carbocycles. The van der Waals surface area contributed by atoms with Crippen molar-refractivity contribution in [2.45, 2.75) is 77.3 Å². The second-order valence-corrected chi connectivity index (χ2v) is 6.69. The zero-order chi connectivity index (χ0) is 13.0. The van der Waals surface area contributed by atoms with E-state index in [1.807, 2.05) is 0 Å². The van der Waals surface area contributed by atoms with E-state index in [4.69, 9.17) is 0 Å². The summed E-state index contributed by atoms with van der Waals surface area (Å²) in [7, 11) is 0. The summed E-state index contributed by atoms with van der Waals surface area (Å²) in [5, 5.41) is 3.83. The molecule has 0 saturated carbocycles. The fourth-order valence-electron chi connectivity index (χ4n) is 3.98. The molecule has 0 aromatic heterocycles. The molecule has 18 heavy (non-hydrogen) atoms. The van der Waals surface area contributed by atoms with Crippen molar-refractivity contribution in [3.63, 3.8) is 0 Å². The molecular formula is C16H32N2. The number of hydrogen-bond donors (Lipinski definition) is 1. The third-order valence-corrected chi connectivity index (χ3v) is 5.25. The highest BCUT2D eigenvalue weighted by atomic mass is 15.2. The third kappa shape index (κ3) is 3.27. The summed E-state index contributed by atoms with van der Waals surface area (Å²) in [6, 6.07) is 0.795. The van der Waals surface area contributed by atoms with Crippen LogP contribution in [0.15, 0.2) is 0 Å². The Morgan fingerprint density at radius 1 is 1.28 bits per heavy atom. The molecule has 2 heterocycles. The quantitative estimate of drug-likeness (QED) is 0.806. The molecule has 0 radical (unpaired) electrons. The van der Waals surface area contributed by atoms with Crippen LogP contribution in [0.3, 0.4) is 0 Å². The first kappa shape index (κ1) is 14.3. The van der Waals surface area contributed by atoms with E-state index in [0.29, 0.717) is 5.54 Å². The van der Waals surface area contributed by atoms with E-state index in [0.717, 1.165) is 12.0 Å². The van der Waals surface area contributed by atoms with Crippen LogP contribution >= 0.6 is 0 Å². The predicted molar refractivity (Wildman–Crippen MR) is 78.9 cm³/mol. The third-order valence-electron chi connectivity index (χ3n) is 5.25. The van der Waals surface area contributed by atoms with Crippen molar-refractivity contribution in [3.8, 4) is 0 Å². The van der Waals surface area contributed by atoms with E-state index >= 15 is 0 Å². The Morgan fingerprint density at radius 2 is 2.11 bits per heavy atom. The second-order valence-electron chi connectivity index (χ2n) is 6.69. The average molecular weight is 252 g/mol. The molecule has 2 saturated heterocycles. The van der Waals surface area contributed by atoms with Gasteiger partial charge in [-0.3, -0.25) is 4.90 Å². The average Bonchev–Trinajstić information content (AvgIpc) is 2.81. The van der Waals surface area contributed by atoms with Crippen molar-refractivity contribution < 1.29 is 0 Å². The maximum absolute atomic E-state index is 3.83. The van der Waals surface area contributed by atoms with Crippen LogP contribution in [0.2, 0.25) is 0 Å². The summed E-state index contributed by atoms with van der Waals surface area (Å²) in [5.41, 5.74) is 0.443. The molecule has 0 bridgehead atoms. The highest BCUT2D eigenvalue weighted by molar-refractivity contribution is 4.97. The molecule has 3 atom stereocenters. The minimum Gasteiger partial charge on any atom is -0.310 e. The molecule has 0 spiro atoms. The summed E-state index contributed by atoms with van der Waals surface area (Å²) < 4.78 is 0. The number of nitrogens with zero attached hydrogens (tertiary/aromatic N) is 1.